The molecule has 0 aromatic heterocycles. The van der Waals surface area contributed by atoms with Gasteiger partial charge in [0, 0.05) is 0 Å². The number of hydrogen-bond acceptors (Lipinski definition) is 3. The molecule has 3 nitrogen and oxygen atoms in total. The molecule has 0 saturated carbocycles. The molecule has 0 atom stereocenters. The number of rotatable bonds is 7. The van der Waals surface area contributed by atoms with Gasteiger partial charge in [-0.3, -0.25) is 0 Å². The van der Waals surface area contributed by atoms with Gasteiger partial charge in [0.2, 0.25) is 0 Å². The zero-order chi connectivity index (χ0) is 11.6. The molecule has 0 saturated heterocycles. The van der Waals surface area contributed by atoms with Crippen molar-refractivity contribution in [1.82, 2.24) is 0 Å². The second-order valence-corrected chi connectivity index (χ2v) is 3.55. The second-order valence-electron chi connectivity index (χ2n) is 3.55. The first-order chi connectivity index (χ1) is 7.83. The lowest BCUT2D eigenvalue weighted by atomic mass is 10.2. The normalized spacial score (nSPS) is 10.1. The van der Waals surface area contributed by atoms with Crippen LogP contribution in [0.4, 0.5) is 0 Å². The smallest absolute Gasteiger partial charge is 0.332 e. The summed E-state index contributed by atoms with van der Waals surface area (Å²) >= 11 is 0. The van der Waals surface area contributed by atoms with E-state index in [0.717, 1.165) is 18.4 Å². The van der Waals surface area contributed by atoms with Gasteiger partial charge >= 0.3 is 5.97 Å². The van der Waals surface area contributed by atoms with Crippen LogP contribution in [0, 0.1) is 0 Å². The molecule has 0 aliphatic heterocycles. The lowest BCUT2D eigenvalue weighted by molar-refractivity contribution is -0.149. The highest BCUT2D eigenvalue weighted by molar-refractivity contribution is 5.70. The highest BCUT2D eigenvalue weighted by Crippen LogP contribution is 2.00. The van der Waals surface area contributed by atoms with E-state index < -0.39 is 0 Å². The maximum atomic E-state index is 11.2. The summed E-state index contributed by atoms with van der Waals surface area (Å²) in [7, 11) is 0. The number of carbonyl (C=O) groups is 1. The molecule has 16 heavy (non-hydrogen) atoms. The molecule has 0 fully saturated rings. The van der Waals surface area contributed by atoms with Gasteiger partial charge in [-0.25, -0.2) is 4.79 Å². The van der Waals surface area contributed by atoms with Crippen molar-refractivity contribution in [2.24, 2.45) is 0 Å². The van der Waals surface area contributed by atoms with Gasteiger partial charge in [0.25, 0.3) is 0 Å². The van der Waals surface area contributed by atoms with E-state index in [9.17, 15) is 4.79 Å². The van der Waals surface area contributed by atoms with E-state index >= 15 is 0 Å². The van der Waals surface area contributed by atoms with Crippen molar-refractivity contribution in [3.63, 3.8) is 0 Å². The zero-order valence-electron chi connectivity index (χ0n) is 9.65. The Balaban J connectivity index is 2.09. The van der Waals surface area contributed by atoms with E-state index in [2.05, 4.69) is 6.92 Å². The molecule has 0 unspecified atom stereocenters. The predicted octanol–water partition coefficient (Wildman–Crippen LogP) is 2.55. The van der Waals surface area contributed by atoms with Gasteiger partial charge in [0.05, 0.1) is 13.2 Å². The van der Waals surface area contributed by atoms with Crippen LogP contribution in [0.1, 0.15) is 25.3 Å². The molecule has 3 heteroatoms. The molecule has 0 bridgehead atoms. The van der Waals surface area contributed by atoms with Gasteiger partial charge < -0.3 is 9.47 Å². The lowest BCUT2D eigenvalue weighted by Crippen LogP contribution is -2.13. The van der Waals surface area contributed by atoms with E-state index in [-0.39, 0.29) is 12.6 Å². The fourth-order valence-corrected chi connectivity index (χ4v) is 1.20. The lowest BCUT2D eigenvalue weighted by Gasteiger charge is -2.05. The van der Waals surface area contributed by atoms with Crippen LogP contribution in [0.5, 0.6) is 0 Å². The summed E-state index contributed by atoms with van der Waals surface area (Å²) in [4.78, 5) is 11.2. The van der Waals surface area contributed by atoms with Crippen LogP contribution in [-0.4, -0.2) is 19.2 Å². The zero-order valence-corrected chi connectivity index (χ0v) is 9.65. The van der Waals surface area contributed by atoms with Crippen LogP contribution in [0.3, 0.4) is 0 Å². The van der Waals surface area contributed by atoms with Gasteiger partial charge in [-0.1, -0.05) is 43.7 Å². The van der Waals surface area contributed by atoms with Gasteiger partial charge in [-0.2, -0.15) is 0 Å². The first-order valence-corrected chi connectivity index (χ1v) is 5.60. The molecule has 0 N–H and O–H groups in total. The van der Waals surface area contributed by atoms with E-state index in [1.54, 1.807) is 0 Å². The van der Waals surface area contributed by atoms with Crippen molar-refractivity contribution in [2.75, 3.05) is 13.2 Å². The third-order valence-corrected chi connectivity index (χ3v) is 2.09. The van der Waals surface area contributed by atoms with Crippen molar-refractivity contribution >= 4 is 5.97 Å². The minimum atomic E-state index is -0.288. The molecule has 0 heterocycles. The van der Waals surface area contributed by atoms with Crippen molar-refractivity contribution in [1.29, 1.82) is 0 Å². The number of carbonyl (C=O) groups excluding carboxylic acids is 1. The Labute approximate surface area is 96.4 Å². The molecule has 0 aliphatic rings. The summed E-state index contributed by atoms with van der Waals surface area (Å²) in [5.41, 5.74) is 1.06. The molecular weight excluding hydrogens is 204 g/mol. The second kappa shape index (κ2) is 7.88. The number of ether oxygens (including phenoxy) is 2. The Morgan fingerprint density at radius 2 is 2.00 bits per heavy atom. The number of benzene rings is 1. The average molecular weight is 222 g/mol. The first kappa shape index (κ1) is 12.7. The molecule has 1 aromatic carbocycles. The number of unbranched alkanes of at least 4 members (excludes halogenated alkanes) is 1. The third kappa shape index (κ3) is 5.51. The van der Waals surface area contributed by atoms with Gasteiger partial charge in [-0.15, -0.1) is 0 Å². The Bertz CT molecular complexity index is 295. The summed E-state index contributed by atoms with van der Waals surface area (Å²) in [6.07, 6.45) is 1.93. The average Bonchev–Trinajstić information content (AvgIpc) is 2.31. The molecule has 0 spiro atoms. The molecule has 1 rings (SSSR count). The monoisotopic (exact) mass is 222 g/mol. The molecular formula is C13H18O3. The van der Waals surface area contributed by atoms with Crippen LogP contribution in [0.2, 0.25) is 0 Å². The van der Waals surface area contributed by atoms with Crippen molar-refractivity contribution in [3.8, 4) is 0 Å². The van der Waals surface area contributed by atoms with E-state index in [4.69, 9.17) is 9.47 Å². The van der Waals surface area contributed by atoms with E-state index in [1.807, 2.05) is 30.3 Å². The van der Waals surface area contributed by atoms with Crippen LogP contribution in [0.25, 0.3) is 0 Å². The highest BCUT2D eigenvalue weighted by Gasteiger charge is 2.02. The van der Waals surface area contributed by atoms with Crippen LogP contribution in [0.15, 0.2) is 30.3 Å². The van der Waals surface area contributed by atoms with Crippen molar-refractivity contribution in [3.05, 3.63) is 35.9 Å². The maximum absolute atomic E-state index is 11.2. The highest BCUT2D eigenvalue weighted by atomic mass is 16.6. The molecule has 0 amide bonds. The fourth-order valence-electron chi connectivity index (χ4n) is 1.20. The summed E-state index contributed by atoms with van der Waals surface area (Å²) in [6, 6.07) is 9.75. The largest absolute Gasteiger partial charge is 0.464 e. The van der Waals surface area contributed by atoms with Crippen molar-refractivity contribution in [2.45, 2.75) is 26.4 Å². The fraction of sp³-hybridized carbons (Fsp3) is 0.462. The Hall–Kier alpha value is -1.35. The SMILES string of the molecule is CCCCOC(=O)COCc1ccccc1. The van der Waals surface area contributed by atoms with E-state index in [0.29, 0.717) is 13.2 Å². The molecule has 0 aliphatic carbocycles. The van der Waals surface area contributed by atoms with Gasteiger partial charge in [0.1, 0.15) is 6.61 Å². The number of hydrogen-bond donors (Lipinski definition) is 0. The third-order valence-electron chi connectivity index (χ3n) is 2.09. The van der Waals surface area contributed by atoms with Gasteiger partial charge in [0.15, 0.2) is 0 Å². The quantitative estimate of drug-likeness (QED) is 0.525. The van der Waals surface area contributed by atoms with Crippen molar-refractivity contribution < 1.29 is 14.3 Å². The van der Waals surface area contributed by atoms with Crippen LogP contribution in [-0.2, 0) is 20.9 Å². The summed E-state index contributed by atoms with van der Waals surface area (Å²) < 4.78 is 10.2. The Morgan fingerprint density at radius 3 is 2.69 bits per heavy atom. The summed E-state index contributed by atoms with van der Waals surface area (Å²) in [6.45, 7) is 3.02. The Kier molecular flexibility index (Phi) is 6.26. The van der Waals surface area contributed by atoms with Crippen LogP contribution < -0.4 is 0 Å². The topological polar surface area (TPSA) is 35.5 Å². The first-order valence-electron chi connectivity index (χ1n) is 5.60. The minimum Gasteiger partial charge on any atom is -0.464 e. The minimum absolute atomic E-state index is 0.0264. The standard InChI is InChI=1S/C13H18O3/c1-2-3-9-16-13(14)11-15-10-12-7-5-4-6-8-12/h4-8H,2-3,9-11H2,1H3. The molecule has 88 valence electrons. The predicted molar refractivity (Wildman–Crippen MR) is 62.0 cm³/mol. The molecule has 0 radical (unpaired) electrons. The van der Waals surface area contributed by atoms with E-state index in [1.165, 1.54) is 0 Å². The summed E-state index contributed by atoms with van der Waals surface area (Å²) in [5.74, 6) is -0.288. The number of esters is 1. The maximum Gasteiger partial charge on any atom is 0.332 e. The summed E-state index contributed by atoms with van der Waals surface area (Å²) in [5, 5.41) is 0. The van der Waals surface area contributed by atoms with Crippen LogP contribution >= 0.6 is 0 Å². The molecule has 1 aromatic rings. The Morgan fingerprint density at radius 1 is 1.25 bits per heavy atom. The van der Waals surface area contributed by atoms with Gasteiger partial charge in [-0.05, 0) is 12.0 Å².